The van der Waals surface area contributed by atoms with Crippen molar-refractivity contribution in [2.45, 2.75) is 0 Å². The fraction of sp³-hybridized carbons (Fsp3) is 0.0714. The van der Waals surface area contributed by atoms with Gasteiger partial charge < -0.3 is 10.5 Å². The Kier molecular flexibility index (Phi) is 3.05. The lowest BCUT2D eigenvalue weighted by Gasteiger charge is -2.01. The molecule has 19 heavy (non-hydrogen) atoms. The van der Waals surface area contributed by atoms with E-state index in [1.54, 1.807) is 30.6 Å². The van der Waals surface area contributed by atoms with Gasteiger partial charge in [0.1, 0.15) is 10.8 Å². The molecule has 3 aromatic rings. The number of nitrogens with zero attached hydrogens (tertiary/aromatic N) is 1. The first-order chi connectivity index (χ1) is 9.17. The lowest BCUT2D eigenvalue weighted by atomic mass is 10.2. The van der Waals surface area contributed by atoms with Gasteiger partial charge in [-0.15, -0.1) is 11.3 Å². The van der Waals surface area contributed by atoms with Crippen molar-refractivity contribution in [2.24, 2.45) is 0 Å². The molecule has 0 aliphatic rings. The highest BCUT2D eigenvalue weighted by molar-refractivity contribution is 7.21. The summed E-state index contributed by atoms with van der Waals surface area (Å²) >= 11 is 7.59. The van der Waals surface area contributed by atoms with E-state index in [1.807, 2.05) is 24.3 Å². The molecule has 0 unspecified atom stereocenters. The number of aromatic nitrogens is 1. The van der Waals surface area contributed by atoms with Crippen LogP contribution in [0.1, 0.15) is 0 Å². The fourth-order valence-corrected chi connectivity index (χ4v) is 3.07. The summed E-state index contributed by atoms with van der Waals surface area (Å²) in [5, 5.41) is 1.52. The standard InChI is InChI=1S/C14H11ClN2OS/c1-18-9-3-5-12-13(7-9)19-14(17-12)10-6-8(15)2-4-11(10)16/h2-7H,16H2,1H3. The number of hydrogen-bond donors (Lipinski definition) is 1. The minimum atomic E-state index is 0.654. The van der Waals surface area contributed by atoms with Gasteiger partial charge >= 0.3 is 0 Å². The van der Waals surface area contributed by atoms with Gasteiger partial charge in [0.25, 0.3) is 0 Å². The Balaban J connectivity index is 2.17. The number of anilines is 1. The Morgan fingerprint density at radius 2 is 2.05 bits per heavy atom. The van der Waals surface area contributed by atoms with Crippen LogP contribution >= 0.6 is 22.9 Å². The maximum absolute atomic E-state index is 6.01. The molecule has 1 aromatic heterocycles. The number of methoxy groups -OCH3 is 1. The van der Waals surface area contributed by atoms with Gasteiger partial charge in [-0.3, -0.25) is 0 Å². The van der Waals surface area contributed by atoms with Crippen LogP contribution in [-0.4, -0.2) is 12.1 Å². The first-order valence-electron chi connectivity index (χ1n) is 5.67. The average molecular weight is 291 g/mol. The summed E-state index contributed by atoms with van der Waals surface area (Å²) in [7, 11) is 1.65. The maximum atomic E-state index is 6.01. The number of benzene rings is 2. The van der Waals surface area contributed by atoms with E-state index in [0.717, 1.165) is 26.5 Å². The molecular formula is C14H11ClN2OS. The highest BCUT2D eigenvalue weighted by atomic mass is 35.5. The lowest BCUT2D eigenvalue weighted by molar-refractivity contribution is 0.415. The second-order valence-corrected chi connectivity index (χ2v) is 5.55. The fourth-order valence-electron chi connectivity index (χ4n) is 1.86. The minimum absolute atomic E-state index is 0.654. The predicted molar refractivity (Wildman–Crippen MR) is 81.0 cm³/mol. The van der Waals surface area contributed by atoms with Crippen LogP contribution < -0.4 is 10.5 Å². The Bertz CT molecular complexity index is 754. The summed E-state index contributed by atoms with van der Waals surface area (Å²) in [5.74, 6) is 0.821. The van der Waals surface area contributed by atoms with E-state index < -0.39 is 0 Å². The summed E-state index contributed by atoms with van der Waals surface area (Å²) in [4.78, 5) is 4.58. The minimum Gasteiger partial charge on any atom is -0.497 e. The maximum Gasteiger partial charge on any atom is 0.126 e. The van der Waals surface area contributed by atoms with Gasteiger partial charge in [-0.2, -0.15) is 0 Å². The van der Waals surface area contributed by atoms with E-state index in [4.69, 9.17) is 22.1 Å². The van der Waals surface area contributed by atoms with Crippen LogP contribution in [0.25, 0.3) is 20.8 Å². The third kappa shape index (κ3) is 2.25. The third-order valence-electron chi connectivity index (χ3n) is 2.84. The molecule has 0 spiro atoms. The molecule has 0 radical (unpaired) electrons. The zero-order valence-corrected chi connectivity index (χ0v) is 11.8. The van der Waals surface area contributed by atoms with E-state index in [1.165, 1.54) is 0 Å². The van der Waals surface area contributed by atoms with Gasteiger partial charge in [-0.05, 0) is 36.4 Å². The molecule has 3 nitrogen and oxygen atoms in total. The van der Waals surface area contributed by atoms with Gasteiger partial charge in [0.2, 0.25) is 0 Å². The van der Waals surface area contributed by atoms with Crippen molar-refractivity contribution in [1.82, 2.24) is 4.98 Å². The second kappa shape index (κ2) is 4.72. The van der Waals surface area contributed by atoms with Gasteiger partial charge in [0.05, 0.1) is 17.3 Å². The number of rotatable bonds is 2. The van der Waals surface area contributed by atoms with E-state index in [0.29, 0.717) is 10.7 Å². The Hall–Kier alpha value is -1.78. The first-order valence-corrected chi connectivity index (χ1v) is 6.87. The Morgan fingerprint density at radius 3 is 2.84 bits per heavy atom. The first kappa shape index (κ1) is 12.3. The predicted octanol–water partition coefficient (Wildman–Crippen LogP) is 4.21. The Labute approximate surface area is 119 Å². The molecule has 0 aliphatic heterocycles. The molecule has 0 amide bonds. The number of fused-ring (bicyclic) bond motifs is 1. The van der Waals surface area contributed by atoms with Crippen molar-refractivity contribution >= 4 is 38.8 Å². The molecule has 0 saturated heterocycles. The Morgan fingerprint density at radius 1 is 1.21 bits per heavy atom. The molecule has 96 valence electrons. The highest BCUT2D eigenvalue weighted by Crippen LogP contribution is 2.36. The zero-order chi connectivity index (χ0) is 13.4. The normalized spacial score (nSPS) is 10.8. The van der Waals surface area contributed by atoms with E-state index >= 15 is 0 Å². The largest absolute Gasteiger partial charge is 0.497 e. The number of nitrogens with two attached hydrogens (primary N) is 1. The molecule has 0 fully saturated rings. The second-order valence-electron chi connectivity index (χ2n) is 4.08. The molecule has 2 N–H and O–H groups in total. The molecule has 0 atom stereocenters. The van der Waals surface area contributed by atoms with Crippen LogP contribution in [0.2, 0.25) is 5.02 Å². The van der Waals surface area contributed by atoms with Gasteiger partial charge in [-0.25, -0.2) is 4.98 Å². The van der Waals surface area contributed by atoms with Crippen LogP contribution in [0.3, 0.4) is 0 Å². The molecule has 1 heterocycles. The number of ether oxygens (including phenoxy) is 1. The lowest BCUT2D eigenvalue weighted by Crippen LogP contribution is -1.88. The van der Waals surface area contributed by atoms with Gasteiger partial charge in [-0.1, -0.05) is 11.6 Å². The summed E-state index contributed by atoms with van der Waals surface area (Å²) in [6.45, 7) is 0. The van der Waals surface area contributed by atoms with Crippen LogP contribution in [-0.2, 0) is 0 Å². The third-order valence-corrected chi connectivity index (χ3v) is 4.13. The van der Waals surface area contributed by atoms with Crippen molar-refractivity contribution in [1.29, 1.82) is 0 Å². The topological polar surface area (TPSA) is 48.1 Å². The van der Waals surface area contributed by atoms with Crippen LogP contribution in [0.15, 0.2) is 36.4 Å². The van der Waals surface area contributed by atoms with Crippen LogP contribution in [0.5, 0.6) is 5.75 Å². The summed E-state index contributed by atoms with van der Waals surface area (Å²) in [5.41, 5.74) is 8.46. The SMILES string of the molecule is COc1ccc2nc(-c3cc(Cl)ccc3N)sc2c1. The molecule has 0 aliphatic carbocycles. The quantitative estimate of drug-likeness (QED) is 0.719. The van der Waals surface area contributed by atoms with E-state index in [9.17, 15) is 0 Å². The highest BCUT2D eigenvalue weighted by Gasteiger charge is 2.10. The van der Waals surface area contributed by atoms with Crippen molar-refractivity contribution in [3.63, 3.8) is 0 Å². The molecule has 0 bridgehead atoms. The van der Waals surface area contributed by atoms with Crippen molar-refractivity contribution in [3.8, 4) is 16.3 Å². The van der Waals surface area contributed by atoms with Crippen molar-refractivity contribution in [3.05, 3.63) is 41.4 Å². The summed E-state index contributed by atoms with van der Waals surface area (Å²) < 4.78 is 6.28. The molecule has 3 rings (SSSR count). The molecular weight excluding hydrogens is 280 g/mol. The van der Waals surface area contributed by atoms with Gasteiger partial charge in [0, 0.05) is 16.3 Å². The number of nitrogen functional groups attached to an aromatic ring is 1. The monoisotopic (exact) mass is 290 g/mol. The summed E-state index contributed by atoms with van der Waals surface area (Å²) in [6.07, 6.45) is 0. The van der Waals surface area contributed by atoms with Crippen molar-refractivity contribution < 1.29 is 4.74 Å². The smallest absolute Gasteiger partial charge is 0.126 e. The van der Waals surface area contributed by atoms with E-state index in [2.05, 4.69) is 4.98 Å². The van der Waals surface area contributed by atoms with E-state index in [-0.39, 0.29) is 0 Å². The van der Waals surface area contributed by atoms with Crippen molar-refractivity contribution in [2.75, 3.05) is 12.8 Å². The van der Waals surface area contributed by atoms with Crippen LogP contribution in [0, 0.1) is 0 Å². The van der Waals surface area contributed by atoms with Gasteiger partial charge in [0.15, 0.2) is 0 Å². The molecule has 0 saturated carbocycles. The number of hydrogen-bond acceptors (Lipinski definition) is 4. The number of halogens is 1. The average Bonchev–Trinajstić information content (AvgIpc) is 2.83. The summed E-state index contributed by atoms with van der Waals surface area (Å²) in [6, 6.07) is 11.2. The molecule has 2 aromatic carbocycles. The van der Waals surface area contributed by atoms with Crippen LogP contribution in [0.4, 0.5) is 5.69 Å². The number of thiazole rings is 1. The zero-order valence-electron chi connectivity index (χ0n) is 10.2. The molecule has 5 heteroatoms.